The average Bonchev–Trinajstić information content (AvgIpc) is 2.50. The van der Waals surface area contributed by atoms with Crippen molar-refractivity contribution in [3.8, 4) is 0 Å². The van der Waals surface area contributed by atoms with Crippen molar-refractivity contribution in [2.75, 3.05) is 7.05 Å². The Bertz CT molecular complexity index is 888. The summed E-state index contributed by atoms with van der Waals surface area (Å²) in [6, 6.07) is 4.83. The van der Waals surface area contributed by atoms with Crippen molar-refractivity contribution < 1.29 is 14.1 Å². The molecule has 0 spiro atoms. The fourth-order valence-corrected chi connectivity index (χ4v) is 1.92. The Labute approximate surface area is 127 Å². The second-order valence-electron chi connectivity index (χ2n) is 4.63. The summed E-state index contributed by atoms with van der Waals surface area (Å²) in [4.78, 5) is 47.6. The van der Waals surface area contributed by atoms with Crippen LogP contribution in [0, 0.1) is 15.9 Å². The Morgan fingerprint density at radius 2 is 2.04 bits per heavy atom. The Balaban J connectivity index is 2.32. The number of hydrogen-bond acceptors (Lipinski definition) is 5. The van der Waals surface area contributed by atoms with Crippen LogP contribution < -0.4 is 11.2 Å². The second kappa shape index (κ2) is 6.22. The first kappa shape index (κ1) is 16.1. The Morgan fingerprint density at radius 1 is 1.39 bits per heavy atom. The van der Waals surface area contributed by atoms with Gasteiger partial charge in [0, 0.05) is 18.7 Å². The highest BCUT2D eigenvalue weighted by molar-refractivity contribution is 5.76. The van der Waals surface area contributed by atoms with Crippen LogP contribution in [0.2, 0.25) is 0 Å². The van der Waals surface area contributed by atoms with Gasteiger partial charge < -0.3 is 4.90 Å². The number of aromatic nitrogens is 2. The quantitative estimate of drug-likeness (QED) is 0.658. The number of aromatic amines is 1. The molecule has 0 aliphatic carbocycles. The third kappa shape index (κ3) is 3.31. The number of carbonyl (C=O) groups is 1. The van der Waals surface area contributed by atoms with Gasteiger partial charge in [-0.3, -0.25) is 19.9 Å². The molecule has 1 N–H and O–H groups in total. The van der Waals surface area contributed by atoms with E-state index in [9.17, 15) is 28.9 Å². The largest absolute Gasteiger partial charge is 0.336 e. The smallest absolute Gasteiger partial charge is 0.322 e. The molecule has 2 rings (SSSR count). The van der Waals surface area contributed by atoms with Crippen LogP contribution >= 0.6 is 0 Å². The molecule has 1 heterocycles. The van der Waals surface area contributed by atoms with Gasteiger partial charge in [0.1, 0.15) is 0 Å². The van der Waals surface area contributed by atoms with Gasteiger partial charge in [0.2, 0.25) is 5.82 Å². The van der Waals surface area contributed by atoms with E-state index in [4.69, 9.17) is 0 Å². The van der Waals surface area contributed by atoms with Gasteiger partial charge in [-0.1, -0.05) is 18.2 Å². The van der Waals surface area contributed by atoms with Gasteiger partial charge >= 0.3 is 11.7 Å². The normalized spacial score (nSPS) is 10.3. The molecule has 2 aromatic rings. The summed E-state index contributed by atoms with van der Waals surface area (Å²) < 4.78 is 13.6. The molecule has 0 fully saturated rings. The standard InChI is InChI=1S/C13H11FN4O5/c1-16(6-8-4-2-3-5-10(8)18(22)23)13(21)17-7-9(14)11(19)15-12(17)20/h2-5,7H,6H2,1H3,(H,15,19,20). The lowest BCUT2D eigenvalue weighted by Crippen LogP contribution is -2.41. The SMILES string of the molecule is CN(Cc1ccccc1[N+](=O)[O-])C(=O)n1cc(F)c(=O)[nH]c1=O. The third-order valence-corrected chi connectivity index (χ3v) is 3.03. The van der Waals surface area contributed by atoms with Gasteiger partial charge in [-0.2, -0.15) is 4.39 Å². The molecule has 1 amide bonds. The summed E-state index contributed by atoms with van der Waals surface area (Å²) in [5, 5.41) is 10.9. The summed E-state index contributed by atoms with van der Waals surface area (Å²) in [6.45, 7) is -0.177. The zero-order chi connectivity index (χ0) is 17.1. The summed E-state index contributed by atoms with van der Waals surface area (Å²) in [7, 11) is 1.29. The van der Waals surface area contributed by atoms with Crippen molar-refractivity contribution in [2.24, 2.45) is 0 Å². The number of rotatable bonds is 3. The van der Waals surface area contributed by atoms with Crippen molar-refractivity contribution in [3.05, 3.63) is 72.8 Å². The summed E-state index contributed by atoms with van der Waals surface area (Å²) in [6.07, 6.45) is 0.472. The molecular formula is C13H11FN4O5. The number of halogens is 1. The van der Waals surface area contributed by atoms with Gasteiger partial charge in [-0.05, 0) is 0 Å². The number of H-pyrrole nitrogens is 1. The minimum absolute atomic E-state index is 0.177. The number of para-hydroxylation sites is 1. The highest BCUT2D eigenvalue weighted by atomic mass is 19.1. The molecule has 120 valence electrons. The molecule has 0 unspecified atom stereocenters. The van der Waals surface area contributed by atoms with Crippen LogP contribution in [0.5, 0.6) is 0 Å². The van der Waals surface area contributed by atoms with E-state index in [2.05, 4.69) is 0 Å². The number of nitrogens with one attached hydrogen (secondary N) is 1. The molecule has 9 nitrogen and oxygen atoms in total. The minimum atomic E-state index is -1.29. The van der Waals surface area contributed by atoms with Crippen LogP contribution in [-0.2, 0) is 6.54 Å². The lowest BCUT2D eigenvalue weighted by molar-refractivity contribution is -0.385. The van der Waals surface area contributed by atoms with Crippen LogP contribution in [-0.4, -0.2) is 32.5 Å². The van der Waals surface area contributed by atoms with Crippen molar-refractivity contribution >= 4 is 11.7 Å². The summed E-state index contributed by atoms with van der Waals surface area (Å²) >= 11 is 0. The topological polar surface area (TPSA) is 118 Å². The highest BCUT2D eigenvalue weighted by Gasteiger charge is 2.19. The van der Waals surface area contributed by atoms with E-state index in [1.54, 1.807) is 11.1 Å². The molecule has 0 aliphatic heterocycles. The number of nitro groups is 1. The summed E-state index contributed by atoms with van der Waals surface area (Å²) in [5.41, 5.74) is -2.28. The molecule has 0 saturated carbocycles. The molecule has 10 heteroatoms. The molecule has 0 atom stereocenters. The van der Waals surface area contributed by atoms with E-state index in [0.717, 1.165) is 4.90 Å². The second-order valence-corrected chi connectivity index (χ2v) is 4.63. The fourth-order valence-electron chi connectivity index (χ4n) is 1.92. The maximum Gasteiger partial charge on any atom is 0.336 e. The summed E-state index contributed by atoms with van der Waals surface area (Å²) in [5.74, 6) is -1.29. The van der Waals surface area contributed by atoms with E-state index < -0.39 is 28.0 Å². The minimum Gasteiger partial charge on any atom is -0.322 e. The molecule has 0 saturated heterocycles. The molecule has 23 heavy (non-hydrogen) atoms. The molecule has 1 aromatic heterocycles. The first-order valence-corrected chi connectivity index (χ1v) is 6.30. The van der Waals surface area contributed by atoms with E-state index in [1.807, 2.05) is 0 Å². The zero-order valence-electron chi connectivity index (χ0n) is 11.9. The predicted octanol–water partition coefficient (Wildman–Crippen LogP) is 0.684. The Kier molecular flexibility index (Phi) is 4.35. The van der Waals surface area contributed by atoms with Crippen LogP contribution in [0.1, 0.15) is 5.56 Å². The molecule has 1 aromatic carbocycles. The van der Waals surface area contributed by atoms with Gasteiger partial charge in [-0.15, -0.1) is 0 Å². The van der Waals surface area contributed by atoms with E-state index in [0.29, 0.717) is 10.8 Å². The average molecular weight is 322 g/mol. The van der Waals surface area contributed by atoms with Crippen molar-refractivity contribution in [2.45, 2.75) is 6.54 Å². The van der Waals surface area contributed by atoms with E-state index in [1.165, 1.54) is 25.2 Å². The molecule has 0 bridgehead atoms. The number of carbonyl (C=O) groups excluding carboxylic acids is 1. The van der Waals surface area contributed by atoms with Crippen LogP contribution in [0.4, 0.5) is 14.9 Å². The number of amides is 1. The predicted molar refractivity (Wildman–Crippen MR) is 76.6 cm³/mol. The maximum absolute atomic E-state index is 13.2. The number of nitro benzene ring substituents is 1. The first-order chi connectivity index (χ1) is 10.8. The first-order valence-electron chi connectivity index (χ1n) is 6.30. The van der Waals surface area contributed by atoms with E-state index >= 15 is 0 Å². The van der Waals surface area contributed by atoms with Gasteiger partial charge in [-0.25, -0.2) is 14.2 Å². The monoisotopic (exact) mass is 322 g/mol. The van der Waals surface area contributed by atoms with E-state index in [-0.39, 0.29) is 17.8 Å². The number of benzene rings is 1. The lowest BCUT2D eigenvalue weighted by Gasteiger charge is -2.17. The van der Waals surface area contributed by atoms with Gasteiger partial charge in [0.25, 0.3) is 11.2 Å². The molecular weight excluding hydrogens is 311 g/mol. The number of nitrogens with zero attached hydrogens (tertiary/aromatic N) is 3. The highest BCUT2D eigenvalue weighted by Crippen LogP contribution is 2.19. The fraction of sp³-hybridized carbons (Fsp3) is 0.154. The van der Waals surface area contributed by atoms with Gasteiger partial charge in [0.05, 0.1) is 17.7 Å². The third-order valence-electron chi connectivity index (χ3n) is 3.03. The molecule has 0 radical (unpaired) electrons. The lowest BCUT2D eigenvalue weighted by atomic mass is 10.2. The van der Waals surface area contributed by atoms with Crippen molar-refractivity contribution in [1.82, 2.24) is 14.5 Å². The zero-order valence-corrected chi connectivity index (χ0v) is 11.9. The van der Waals surface area contributed by atoms with Crippen LogP contribution in [0.25, 0.3) is 0 Å². The Morgan fingerprint density at radius 3 is 2.70 bits per heavy atom. The molecule has 0 aliphatic rings. The van der Waals surface area contributed by atoms with Crippen molar-refractivity contribution in [1.29, 1.82) is 0 Å². The maximum atomic E-state index is 13.2. The van der Waals surface area contributed by atoms with Crippen LogP contribution in [0.3, 0.4) is 0 Å². The van der Waals surface area contributed by atoms with Crippen LogP contribution in [0.15, 0.2) is 40.1 Å². The van der Waals surface area contributed by atoms with Crippen molar-refractivity contribution in [3.63, 3.8) is 0 Å². The number of hydrogen-bond donors (Lipinski definition) is 1. The Hall–Kier alpha value is -3.30. The van der Waals surface area contributed by atoms with Gasteiger partial charge in [0.15, 0.2) is 0 Å².